The Bertz CT molecular complexity index is 464. The minimum Gasteiger partial charge on any atom is -0.481 e. The Balaban J connectivity index is 2.27. The molecule has 1 aromatic carbocycles. The first-order valence-electron chi connectivity index (χ1n) is 6.52. The minimum absolute atomic E-state index is 0.00508. The normalized spacial score (nSPS) is 24.6. The largest absolute Gasteiger partial charge is 0.481 e. The fraction of sp³-hybridized carbons (Fsp3) is 0.533. The number of nitrogens with zero attached hydrogens (tertiary/aromatic N) is 1. The summed E-state index contributed by atoms with van der Waals surface area (Å²) in [5.74, 6) is -1.03. The van der Waals surface area contributed by atoms with Crippen molar-refractivity contribution in [2.75, 3.05) is 13.1 Å². The summed E-state index contributed by atoms with van der Waals surface area (Å²) < 4.78 is 0. The van der Waals surface area contributed by atoms with Crippen molar-refractivity contribution >= 4 is 17.6 Å². The van der Waals surface area contributed by atoms with E-state index in [2.05, 4.69) is 25.7 Å². The summed E-state index contributed by atoms with van der Waals surface area (Å²) in [6.07, 6.45) is 0. The second kappa shape index (κ2) is 5.14. The van der Waals surface area contributed by atoms with Crippen LogP contribution < -0.4 is 0 Å². The number of halogens is 1. The van der Waals surface area contributed by atoms with Gasteiger partial charge in [-0.1, -0.05) is 23.7 Å². The lowest BCUT2D eigenvalue weighted by Crippen LogP contribution is -2.40. The average molecular weight is 282 g/mol. The average Bonchev–Trinajstić information content (AvgIpc) is 2.74. The van der Waals surface area contributed by atoms with Gasteiger partial charge in [0.1, 0.15) is 0 Å². The van der Waals surface area contributed by atoms with Crippen molar-refractivity contribution in [3.63, 3.8) is 0 Å². The molecule has 0 amide bonds. The molecule has 2 atom stereocenters. The van der Waals surface area contributed by atoms with E-state index in [1.54, 1.807) is 0 Å². The van der Waals surface area contributed by atoms with Crippen LogP contribution in [0.15, 0.2) is 24.3 Å². The molecule has 1 saturated heterocycles. The molecule has 0 bridgehead atoms. The van der Waals surface area contributed by atoms with E-state index < -0.39 is 5.97 Å². The van der Waals surface area contributed by atoms with Gasteiger partial charge >= 0.3 is 5.97 Å². The van der Waals surface area contributed by atoms with E-state index >= 15 is 0 Å². The standard InChI is InChI=1S/C15H20ClNO2/c1-15(2,3)17-8-12(13(9-17)14(18)19)10-4-6-11(16)7-5-10/h4-7,12-13H,8-9H2,1-3H3,(H,18,19)/t12-,13+/m0/s1. The molecular weight excluding hydrogens is 262 g/mol. The highest BCUT2D eigenvalue weighted by Crippen LogP contribution is 2.36. The number of carbonyl (C=O) groups is 1. The Morgan fingerprint density at radius 3 is 2.32 bits per heavy atom. The fourth-order valence-corrected chi connectivity index (χ4v) is 2.78. The number of aliphatic carboxylic acids is 1. The van der Waals surface area contributed by atoms with E-state index in [1.165, 1.54) is 0 Å². The summed E-state index contributed by atoms with van der Waals surface area (Å²) in [5.41, 5.74) is 1.05. The summed E-state index contributed by atoms with van der Waals surface area (Å²) in [7, 11) is 0. The summed E-state index contributed by atoms with van der Waals surface area (Å²) >= 11 is 5.89. The Kier molecular flexibility index (Phi) is 3.88. The molecule has 1 aliphatic heterocycles. The van der Waals surface area contributed by atoms with Crippen molar-refractivity contribution in [3.05, 3.63) is 34.9 Å². The Labute approximate surface area is 119 Å². The van der Waals surface area contributed by atoms with Crippen LogP contribution in [0.25, 0.3) is 0 Å². The molecule has 1 N–H and O–H groups in total. The summed E-state index contributed by atoms with van der Waals surface area (Å²) in [4.78, 5) is 13.7. The Morgan fingerprint density at radius 2 is 1.84 bits per heavy atom. The van der Waals surface area contributed by atoms with Crippen LogP contribution in [0.1, 0.15) is 32.3 Å². The summed E-state index contributed by atoms with van der Waals surface area (Å²) in [6.45, 7) is 7.75. The van der Waals surface area contributed by atoms with Crippen LogP contribution in [0.4, 0.5) is 0 Å². The molecular formula is C15H20ClNO2. The van der Waals surface area contributed by atoms with Gasteiger partial charge in [-0.25, -0.2) is 0 Å². The zero-order chi connectivity index (χ0) is 14.2. The van der Waals surface area contributed by atoms with E-state index in [9.17, 15) is 9.90 Å². The molecule has 0 spiro atoms. The molecule has 0 radical (unpaired) electrons. The first-order chi connectivity index (χ1) is 8.79. The van der Waals surface area contributed by atoms with E-state index in [-0.39, 0.29) is 17.4 Å². The van der Waals surface area contributed by atoms with Gasteiger partial charge in [-0.2, -0.15) is 0 Å². The van der Waals surface area contributed by atoms with Crippen LogP contribution in [0, 0.1) is 5.92 Å². The van der Waals surface area contributed by atoms with Crippen molar-refractivity contribution in [1.82, 2.24) is 4.90 Å². The number of carboxylic acids is 1. The summed E-state index contributed by atoms with van der Waals surface area (Å²) in [6, 6.07) is 7.54. The van der Waals surface area contributed by atoms with Gasteiger partial charge in [0.2, 0.25) is 0 Å². The lowest BCUT2D eigenvalue weighted by atomic mass is 9.89. The highest BCUT2D eigenvalue weighted by Gasteiger charge is 2.41. The van der Waals surface area contributed by atoms with Crippen molar-refractivity contribution in [3.8, 4) is 0 Å². The quantitative estimate of drug-likeness (QED) is 0.905. The SMILES string of the molecule is CC(C)(C)N1C[C@@H](C(=O)O)[C@H](c2ccc(Cl)cc2)C1. The van der Waals surface area contributed by atoms with Gasteiger partial charge in [-0.05, 0) is 38.5 Å². The number of rotatable bonds is 2. The van der Waals surface area contributed by atoms with E-state index in [0.29, 0.717) is 11.6 Å². The smallest absolute Gasteiger partial charge is 0.308 e. The molecule has 4 heteroatoms. The number of likely N-dealkylation sites (tertiary alicyclic amines) is 1. The maximum absolute atomic E-state index is 11.5. The highest BCUT2D eigenvalue weighted by atomic mass is 35.5. The van der Waals surface area contributed by atoms with Gasteiger partial charge in [0.15, 0.2) is 0 Å². The van der Waals surface area contributed by atoms with Crippen molar-refractivity contribution in [2.45, 2.75) is 32.2 Å². The lowest BCUT2D eigenvalue weighted by molar-refractivity contribution is -0.141. The molecule has 1 fully saturated rings. The zero-order valence-corrected chi connectivity index (χ0v) is 12.3. The zero-order valence-electron chi connectivity index (χ0n) is 11.6. The molecule has 1 heterocycles. The third-order valence-electron chi connectivity index (χ3n) is 3.88. The predicted octanol–water partition coefficient (Wildman–Crippen LogP) is 3.24. The molecule has 0 saturated carbocycles. The van der Waals surface area contributed by atoms with Crippen molar-refractivity contribution in [2.24, 2.45) is 5.92 Å². The molecule has 19 heavy (non-hydrogen) atoms. The minimum atomic E-state index is -0.716. The molecule has 1 aromatic rings. The van der Waals surface area contributed by atoms with Gasteiger partial charge in [0, 0.05) is 29.6 Å². The predicted molar refractivity (Wildman–Crippen MR) is 76.6 cm³/mol. The highest BCUT2D eigenvalue weighted by molar-refractivity contribution is 6.30. The molecule has 2 rings (SSSR count). The molecule has 0 aliphatic carbocycles. The van der Waals surface area contributed by atoms with Crippen LogP contribution in [-0.4, -0.2) is 34.6 Å². The molecule has 0 unspecified atom stereocenters. The maximum atomic E-state index is 11.5. The summed E-state index contributed by atoms with van der Waals surface area (Å²) in [5, 5.41) is 10.1. The van der Waals surface area contributed by atoms with E-state index in [0.717, 1.165) is 12.1 Å². The molecule has 1 aliphatic rings. The second-order valence-electron chi connectivity index (χ2n) is 6.18. The molecule has 0 aromatic heterocycles. The maximum Gasteiger partial charge on any atom is 0.308 e. The van der Waals surface area contributed by atoms with Crippen molar-refractivity contribution < 1.29 is 9.90 Å². The van der Waals surface area contributed by atoms with E-state index in [4.69, 9.17) is 11.6 Å². The third kappa shape index (κ3) is 3.10. The number of hydrogen-bond acceptors (Lipinski definition) is 2. The Hall–Kier alpha value is -1.06. The van der Waals surface area contributed by atoms with Gasteiger partial charge in [0.05, 0.1) is 5.92 Å². The van der Waals surface area contributed by atoms with Gasteiger partial charge in [-0.3, -0.25) is 9.69 Å². The van der Waals surface area contributed by atoms with Crippen LogP contribution in [0.2, 0.25) is 5.02 Å². The molecule has 104 valence electrons. The van der Waals surface area contributed by atoms with Crippen molar-refractivity contribution in [1.29, 1.82) is 0 Å². The first-order valence-corrected chi connectivity index (χ1v) is 6.90. The topological polar surface area (TPSA) is 40.5 Å². The fourth-order valence-electron chi connectivity index (χ4n) is 2.65. The monoisotopic (exact) mass is 281 g/mol. The lowest BCUT2D eigenvalue weighted by Gasteiger charge is -2.31. The number of benzene rings is 1. The second-order valence-corrected chi connectivity index (χ2v) is 6.62. The van der Waals surface area contributed by atoms with Gasteiger partial charge in [0.25, 0.3) is 0 Å². The van der Waals surface area contributed by atoms with Gasteiger partial charge < -0.3 is 5.11 Å². The number of hydrogen-bond donors (Lipinski definition) is 1. The number of carboxylic acid groups (broad SMARTS) is 1. The first kappa shape index (κ1) is 14.4. The van der Waals surface area contributed by atoms with Crippen LogP contribution in [0.3, 0.4) is 0 Å². The van der Waals surface area contributed by atoms with E-state index in [1.807, 2.05) is 24.3 Å². The van der Waals surface area contributed by atoms with Crippen LogP contribution in [-0.2, 0) is 4.79 Å². The van der Waals surface area contributed by atoms with Gasteiger partial charge in [-0.15, -0.1) is 0 Å². The van der Waals surface area contributed by atoms with Crippen LogP contribution in [0.5, 0.6) is 0 Å². The molecule has 3 nitrogen and oxygen atoms in total. The van der Waals surface area contributed by atoms with Crippen LogP contribution >= 0.6 is 11.6 Å². The Morgan fingerprint density at radius 1 is 1.26 bits per heavy atom. The third-order valence-corrected chi connectivity index (χ3v) is 4.14.